The molecule has 2 aromatic carbocycles. The summed E-state index contributed by atoms with van der Waals surface area (Å²) >= 11 is 0. The Bertz CT molecular complexity index is 2500. The van der Waals surface area contributed by atoms with Gasteiger partial charge in [-0.1, -0.05) is 6.07 Å². The quantitative estimate of drug-likeness (QED) is 0.239. The van der Waals surface area contributed by atoms with Crippen LogP contribution in [0.25, 0.3) is 5.65 Å². The van der Waals surface area contributed by atoms with Crippen LogP contribution < -0.4 is 20.4 Å². The summed E-state index contributed by atoms with van der Waals surface area (Å²) in [5, 5.41) is 9.83. The predicted molar refractivity (Wildman–Crippen MR) is 227 cm³/mol. The number of carbonyl (C=O) groups is 5. The predicted octanol–water partition coefficient (Wildman–Crippen LogP) is 3.07. The maximum absolute atomic E-state index is 16.2. The van der Waals surface area contributed by atoms with Gasteiger partial charge in [0.2, 0.25) is 11.8 Å². The number of rotatable bonds is 9. The molecule has 0 bridgehead atoms. The van der Waals surface area contributed by atoms with E-state index in [1.54, 1.807) is 29.0 Å². The Labute approximate surface area is 358 Å². The van der Waals surface area contributed by atoms with E-state index in [2.05, 4.69) is 35.4 Å². The van der Waals surface area contributed by atoms with E-state index >= 15 is 4.39 Å². The van der Waals surface area contributed by atoms with Gasteiger partial charge in [0, 0.05) is 93.5 Å². The molecule has 7 aliphatic heterocycles. The molecule has 0 radical (unpaired) electrons. The molecular formula is C45H50FN11O5. The summed E-state index contributed by atoms with van der Waals surface area (Å²) in [5.74, 6) is -1.30. The van der Waals surface area contributed by atoms with Crippen molar-refractivity contribution in [3.63, 3.8) is 0 Å². The summed E-state index contributed by atoms with van der Waals surface area (Å²) in [6.45, 7) is 6.81. The molecule has 11 rings (SSSR count). The lowest BCUT2D eigenvalue weighted by Crippen LogP contribution is -2.64. The van der Waals surface area contributed by atoms with E-state index in [1.165, 1.54) is 17.5 Å². The fourth-order valence-corrected chi connectivity index (χ4v) is 10.8. The smallest absolute Gasteiger partial charge is 0.261 e. The van der Waals surface area contributed by atoms with E-state index < -0.39 is 17.6 Å². The van der Waals surface area contributed by atoms with Crippen molar-refractivity contribution in [1.29, 1.82) is 0 Å². The minimum atomic E-state index is -1.41. The second-order valence-electron chi connectivity index (χ2n) is 18.2. The van der Waals surface area contributed by atoms with Crippen LogP contribution >= 0.6 is 0 Å². The SMILES string of the molecule is O=C1CCC(N2Cc3ccc(N4CC(F)(CN5CCC(N6Cc7cc(NC(=O)c8cnn9cccnc89)c(N8CCC(N9CCC9)CC8)cc7C6=O)CC5)C4)cc3C2=O)C(=O)N1. The molecule has 5 fully saturated rings. The molecule has 5 amide bonds. The number of hydrogen-bond acceptors (Lipinski definition) is 11. The number of nitrogens with zero attached hydrogens (tertiary/aromatic N) is 9. The fraction of sp³-hybridized carbons (Fsp3) is 0.489. The van der Waals surface area contributed by atoms with Gasteiger partial charge in [-0.05, 0) is 93.1 Å². The molecular weight excluding hydrogens is 794 g/mol. The lowest BCUT2D eigenvalue weighted by Gasteiger charge is -2.49. The summed E-state index contributed by atoms with van der Waals surface area (Å²) in [6.07, 6.45) is 10.2. The lowest BCUT2D eigenvalue weighted by atomic mass is 9.92. The Morgan fingerprint density at radius 2 is 1.58 bits per heavy atom. The molecule has 7 aliphatic rings. The van der Waals surface area contributed by atoms with Gasteiger partial charge in [0.15, 0.2) is 11.3 Å². The van der Waals surface area contributed by atoms with Crippen molar-refractivity contribution in [1.82, 2.24) is 39.5 Å². The van der Waals surface area contributed by atoms with Crippen molar-refractivity contribution in [2.75, 3.05) is 74.0 Å². The number of halogens is 1. The van der Waals surface area contributed by atoms with Crippen molar-refractivity contribution in [2.45, 2.75) is 81.8 Å². The van der Waals surface area contributed by atoms with Crippen LogP contribution in [0.5, 0.6) is 0 Å². The monoisotopic (exact) mass is 843 g/mol. The molecule has 2 aromatic heterocycles. The van der Waals surface area contributed by atoms with Crippen LogP contribution in [-0.2, 0) is 22.7 Å². The number of carbonyl (C=O) groups excluding carboxylic acids is 5. The van der Waals surface area contributed by atoms with Crippen molar-refractivity contribution in [2.24, 2.45) is 0 Å². The first kappa shape index (κ1) is 38.9. The van der Waals surface area contributed by atoms with Crippen molar-refractivity contribution >= 4 is 52.2 Å². The van der Waals surface area contributed by atoms with Crippen LogP contribution in [0.4, 0.5) is 21.5 Å². The topological polar surface area (TPSA) is 159 Å². The number of nitrogens with one attached hydrogen (secondary N) is 2. The normalized spacial score (nSPS) is 23.4. The number of amides is 5. The summed E-state index contributed by atoms with van der Waals surface area (Å²) in [4.78, 5) is 82.3. The molecule has 62 heavy (non-hydrogen) atoms. The zero-order valence-electron chi connectivity index (χ0n) is 34.6. The molecule has 2 N–H and O–H groups in total. The summed E-state index contributed by atoms with van der Waals surface area (Å²) < 4.78 is 17.8. The summed E-state index contributed by atoms with van der Waals surface area (Å²) in [5.41, 5.74) is 4.66. The van der Waals surface area contributed by atoms with E-state index in [0.717, 1.165) is 74.4 Å². The highest BCUT2D eigenvalue weighted by atomic mass is 19.1. The fourth-order valence-electron chi connectivity index (χ4n) is 10.8. The Hall–Kier alpha value is -5.94. The van der Waals surface area contributed by atoms with Gasteiger partial charge in [-0.2, -0.15) is 5.10 Å². The number of likely N-dealkylation sites (tertiary alicyclic amines) is 2. The number of alkyl halides is 1. The Balaban J connectivity index is 0.726. The summed E-state index contributed by atoms with van der Waals surface area (Å²) in [6, 6.07) is 11.2. The first-order valence-corrected chi connectivity index (χ1v) is 22.1. The molecule has 322 valence electrons. The van der Waals surface area contributed by atoms with Crippen LogP contribution in [0.1, 0.15) is 87.1 Å². The number of imide groups is 1. The zero-order chi connectivity index (χ0) is 42.3. The van der Waals surface area contributed by atoms with E-state index in [0.29, 0.717) is 73.2 Å². The van der Waals surface area contributed by atoms with Gasteiger partial charge in [-0.15, -0.1) is 0 Å². The Morgan fingerprint density at radius 1 is 0.839 bits per heavy atom. The van der Waals surface area contributed by atoms with Crippen molar-refractivity contribution in [3.05, 3.63) is 82.8 Å². The van der Waals surface area contributed by atoms with Crippen LogP contribution in [0, 0.1) is 0 Å². The van der Waals surface area contributed by atoms with Gasteiger partial charge in [0.1, 0.15) is 11.6 Å². The minimum Gasteiger partial charge on any atom is -0.370 e. The van der Waals surface area contributed by atoms with Crippen molar-refractivity contribution < 1.29 is 28.4 Å². The van der Waals surface area contributed by atoms with Crippen molar-refractivity contribution in [3.8, 4) is 0 Å². The highest BCUT2D eigenvalue weighted by molar-refractivity contribution is 6.10. The molecule has 9 heterocycles. The average molecular weight is 844 g/mol. The largest absolute Gasteiger partial charge is 0.370 e. The first-order chi connectivity index (χ1) is 30.1. The number of fused-ring (bicyclic) bond motifs is 3. The number of aromatic nitrogens is 3. The second kappa shape index (κ2) is 15.1. The van der Waals surface area contributed by atoms with E-state index in [4.69, 9.17) is 0 Å². The molecule has 0 saturated carbocycles. The number of anilines is 3. The molecule has 17 heteroatoms. The number of benzene rings is 2. The standard InChI is InChI=1S/C45H50FN11O5/c46-45(26-54(27-45)32-4-3-28-23-56(44(62)33(28)20-32)37-5-6-39(58)50-42(37)60)25-51-15-7-31(8-16-51)55-24-29-19-36(49-41(59)35-22-48-57-14-1-11-47-40(35)57)38(21-34(29)43(55)61)53-17-9-30(10-18-53)52-12-2-13-52/h1,3-4,11,14,19-22,30-31,37H,2,5-10,12-13,15-18,23-27H2,(H,49,59)(H,50,58,60). The van der Waals surface area contributed by atoms with Gasteiger partial charge < -0.3 is 29.8 Å². The van der Waals surface area contributed by atoms with Gasteiger partial charge in [0.25, 0.3) is 17.7 Å². The third-order valence-electron chi connectivity index (χ3n) is 14.4. The maximum Gasteiger partial charge on any atom is 0.261 e. The van der Waals surface area contributed by atoms with Crippen LogP contribution in [0.15, 0.2) is 55.0 Å². The van der Waals surface area contributed by atoms with Crippen LogP contribution in [0.2, 0.25) is 0 Å². The van der Waals surface area contributed by atoms with E-state index in [1.807, 2.05) is 34.1 Å². The third-order valence-corrected chi connectivity index (χ3v) is 14.4. The molecule has 16 nitrogen and oxygen atoms in total. The highest BCUT2D eigenvalue weighted by Crippen LogP contribution is 2.40. The molecule has 5 saturated heterocycles. The second-order valence-corrected chi connectivity index (χ2v) is 18.2. The van der Waals surface area contributed by atoms with Gasteiger partial charge in [-0.3, -0.25) is 34.2 Å². The Kier molecular flexibility index (Phi) is 9.52. The molecule has 0 spiro atoms. The van der Waals surface area contributed by atoms with E-state index in [-0.39, 0.29) is 49.2 Å². The minimum absolute atomic E-state index is 0.00419. The lowest BCUT2D eigenvalue weighted by molar-refractivity contribution is -0.136. The molecule has 4 aromatic rings. The zero-order valence-corrected chi connectivity index (χ0v) is 34.6. The molecule has 1 unspecified atom stereocenters. The third kappa shape index (κ3) is 6.85. The first-order valence-electron chi connectivity index (χ1n) is 22.1. The van der Waals surface area contributed by atoms with Crippen LogP contribution in [0.3, 0.4) is 0 Å². The average Bonchev–Trinajstić information content (AvgIpc) is 3.92. The molecule has 1 atom stereocenters. The summed E-state index contributed by atoms with van der Waals surface area (Å²) in [7, 11) is 0. The van der Waals surface area contributed by atoms with E-state index in [9.17, 15) is 24.0 Å². The number of piperidine rings is 3. The maximum atomic E-state index is 16.2. The van der Waals surface area contributed by atoms with Gasteiger partial charge in [-0.25, -0.2) is 13.9 Å². The van der Waals surface area contributed by atoms with Crippen LogP contribution in [-0.4, -0.2) is 146 Å². The highest BCUT2D eigenvalue weighted by Gasteiger charge is 2.47. The Morgan fingerprint density at radius 3 is 2.34 bits per heavy atom. The molecule has 0 aliphatic carbocycles. The number of hydrogen-bond donors (Lipinski definition) is 2. The van der Waals surface area contributed by atoms with Gasteiger partial charge in [0.05, 0.1) is 30.7 Å². The van der Waals surface area contributed by atoms with Gasteiger partial charge >= 0.3 is 0 Å².